The molecule has 84 valence electrons. The molecule has 0 amide bonds. The van der Waals surface area contributed by atoms with Crippen molar-refractivity contribution in [1.82, 2.24) is 19.3 Å². The minimum absolute atomic E-state index is 0.0474. The minimum Gasteiger partial charge on any atom is -0.378 e. The van der Waals surface area contributed by atoms with Gasteiger partial charge in [0.25, 0.3) is 0 Å². The van der Waals surface area contributed by atoms with Crippen molar-refractivity contribution in [2.75, 3.05) is 5.73 Å². The SMILES string of the molecule is Cn1cncc1Cn1ncc([N+](=O)[O-])c1N. The molecule has 2 aromatic heterocycles. The maximum atomic E-state index is 10.6. The second-order valence-corrected chi connectivity index (χ2v) is 3.33. The number of hydrogen-bond acceptors (Lipinski definition) is 5. The van der Waals surface area contributed by atoms with E-state index in [0.29, 0.717) is 6.54 Å². The molecular formula is C8H10N6O2. The molecule has 0 aromatic carbocycles. The number of aromatic nitrogens is 4. The monoisotopic (exact) mass is 222 g/mol. The van der Waals surface area contributed by atoms with Crippen molar-refractivity contribution in [3.8, 4) is 0 Å². The lowest BCUT2D eigenvalue weighted by Crippen LogP contribution is -2.09. The molecule has 2 heterocycles. The average Bonchev–Trinajstić information content (AvgIpc) is 2.76. The molecule has 0 saturated heterocycles. The zero-order valence-corrected chi connectivity index (χ0v) is 8.57. The first kappa shape index (κ1) is 10.1. The molecule has 0 radical (unpaired) electrons. The summed E-state index contributed by atoms with van der Waals surface area (Å²) in [6, 6.07) is 0. The van der Waals surface area contributed by atoms with Gasteiger partial charge in [-0.25, -0.2) is 9.67 Å². The van der Waals surface area contributed by atoms with Gasteiger partial charge in [-0.1, -0.05) is 0 Å². The molecule has 0 atom stereocenters. The summed E-state index contributed by atoms with van der Waals surface area (Å²) in [4.78, 5) is 13.9. The maximum Gasteiger partial charge on any atom is 0.330 e. The summed E-state index contributed by atoms with van der Waals surface area (Å²) in [7, 11) is 1.83. The lowest BCUT2D eigenvalue weighted by molar-refractivity contribution is -0.384. The molecule has 0 aliphatic heterocycles. The Bertz CT molecular complexity index is 528. The van der Waals surface area contributed by atoms with E-state index in [9.17, 15) is 10.1 Å². The van der Waals surface area contributed by atoms with E-state index < -0.39 is 4.92 Å². The van der Waals surface area contributed by atoms with Gasteiger partial charge in [-0.05, 0) is 0 Å². The molecule has 0 aliphatic carbocycles. The van der Waals surface area contributed by atoms with Crippen LogP contribution in [0.1, 0.15) is 5.69 Å². The first-order valence-electron chi connectivity index (χ1n) is 4.50. The van der Waals surface area contributed by atoms with Gasteiger partial charge >= 0.3 is 5.69 Å². The third-order valence-corrected chi connectivity index (χ3v) is 2.28. The molecule has 0 aliphatic rings. The lowest BCUT2D eigenvalue weighted by atomic mass is 10.4. The number of nitrogens with two attached hydrogens (primary N) is 1. The van der Waals surface area contributed by atoms with E-state index in [0.717, 1.165) is 11.9 Å². The van der Waals surface area contributed by atoms with Crippen LogP contribution >= 0.6 is 0 Å². The fraction of sp³-hybridized carbons (Fsp3) is 0.250. The van der Waals surface area contributed by atoms with Crippen LogP contribution in [0.2, 0.25) is 0 Å². The van der Waals surface area contributed by atoms with Crippen LogP contribution in [0.5, 0.6) is 0 Å². The highest BCUT2D eigenvalue weighted by atomic mass is 16.6. The van der Waals surface area contributed by atoms with Gasteiger partial charge in [0, 0.05) is 7.05 Å². The van der Waals surface area contributed by atoms with Gasteiger partial charge in [0.05, 0.1) is 29.7 Å². The highest BCUT2D eigenvalue weighted by molar-refractivity contribution is 5.51. The van der Waals surface area contributed by atoms with Gasteiger partial charge in [-0.3, -0.25) is 10.1 Å². The Balaban J connectivity index is 2.29. The Morgan fingerprint density at radius 2 is 2.31 bits per heavy atom. The number of nitrogen functional groups attached to an aromatic ring is 1. The standard InChI is InChI=1S/C8H10N6O2/c1-12-5-10-2-6(12)4-13-8(9)7(3-11-13)14(15)16/h2-3,5H,4,9H2,1H3. The average molecular weight is 222 g/mol. The summed E-state index contributed by atoms with van der Waals surface area (Å²) in [6.45, 7) is 0.357. The maximum absolute atomic E-state index is 10.6. The second kappa shape index (κ2) is 3.65. The summed E-state index contributed by atoms with van der Waals surface area (Å²) in [6.07, 6.45) is 4.45. The van der Waals surface area contributed by atoms with Gasteiger partial charge in [-0.2, -0.15) is 5.10 Å². The number of anilines is 1. The van der Waals surface area contributed by atoms with E-state index in [4.69, 9.17) is 5.73 Å². The Kier molecular flexibility index (Phi) is 2.31. The predicted octanol–water partition coefficient (Wildman–Crippen LogP) is 0.155. The van der Waals surface area contributed by atoms with E-state index >= 15 is 0 Å². The Hall–Kier alpha value is -2.38. The van der Waals surface area contributed by atoms with E-state index in [-0.39, 0.29) is 11.5 Å². The lowest BCUT2D eigenvalue weighted by Gasteiger charge is -2.03. The van der Waals surface area contributed by atoms with Crippen LogP contribution in [0, 0.1) is 10.1 Å². The molecule has 2 aromatic rings. The number of hydrogen-bond donors (Lipinski definition) is 1. The zero-order valence-electron chi connectivity index (χ0n) is 8.57. The van der Waals surface area contributed by atoms with E-state index in [1.807, 2.05) is 7.05 Å². The fourth-order valence-corrected chi connectivity index (χ4v) is 1.34. The fourth-order valence-electron chi connectivity index (χ4n) is 1.34. The third-order valence-electron chi connectivity index (χ3n) is 2.28. The largest absolute Gasteiger partial charge is 0.378 e. The summed E-state index contributed by atoms with van der Waals surface area (Å²) < 4.78 is 3.17. The molecule has 0 bridgehead atoms. The third kappa shape index (κ3) is 1.60. The summed E-state index contributed by atoms with van der Waals surface area (Å²) in [5.41, 5.74) is 6.29. The van der Waals surface area contributed by atoms with Crippen LogP contribution in [0.15, 0.2) is 18.7 Å². The van der Waals surface area contributed by atoms with Crippen LogP contribution < -0.4 is 5.73 Å². The van der Waals surface area contributed by atoms with Crippen LogP contribution in [-0.2, 0) is 13.6 Å². The van der Waals surface area contributed by atoms with Crippen molar-refractivity contribution >= 4 is 11.5 Å². The van der Waals surface area contributed by atoms with Crippen LogP contribution in [0.4, 0.5) is 11.5 Å². The Morgan fingerprint density at radius 1 is 1.56 bits per heavy atom. The normalized spacial score (nSPS) is 10.6. The zero-order chi connectivity index (χ0) is 11.7. The molecule has 0 unspecified atom stereocenters. The quantitative estimate of drug-likeness (QED) is 0.588. The molecular weight excluding hydrogens is 212 g/mol. The van der Waals surface area contributed by atoms with Crippen molar-refractivity contribution in [1.29, 1.82) is 0 Å². The number of imidazole rings is 1. The number of aryl methyl sites for hydroxylation is 1. The van der Waals surface area contributed by atoms with Crippen LogP contribution in [-0.4, -0.2) is 24.3 Å². The topological polar surface area (TPSA) is 105 Å². The first-order chi connectivity index (χ1) is 7.59. The Morgan fingerprint density at radius 3 is 2.81 bits per heavy atom. The molecule has 0 fully saturated rings. The van der Waals surface area contributed by atoms with Gasteiger partial charge in [-0.15, -0.1) is 0 Å². The summed E-state index contributed by atoms with van der Waals surface area (Å²) >= 11 is 0. The molecule has 2 N–H and O–H groups in total. The van der Waals surface area contributed by atoms with E-state index in [1.54, 1.807) is 17.1 Å². The minimum atomic E-state index is -0.553. The molecule has 8 heteroatoms. The molecule has 8 nitrogen and oxygen atoms in total. The summed E-state index contributed by atoms with van der Waals surface area (Å²) in [5.74, 6) is 0.0474. The van der Waals surface area contributed by atoms with Gasteiger partial charge < -0.3 is 10.3 Å². The second-order valence-electron chi connectivity index (χ2n) is 3.33. The van der Waals surface area contributed by atoms with Crippen molar-refractivity contribution in [2.24, 2.45) is 7.05 Å². The highest BCUT2D eigenvalue weighted by Crippen LogP contribution is 2.20. The number of nitro groups is 1. The highest BCUT2D eigenvalue weighted by Gasteiger charge is 2.17. The van der Waals surface area contributed by atoms with Crippen molar-refractivity contribution < 1.29 is 4.92 Å². The first-order valence-corrected chi connectivity index (χ1v) is 4.50. The number of rotatable bonds is 3. The predicted molar refractivity (Wildman–Crippen MR) is 55.6 cm³/mol. The van der Waals surface area contributed by atoms with Crippen molar-refractivity contribution in [2.45, 2.75) is 6.54 Å². The molecule has 0 spiro atoms. The van der Waals surface area contributed by atoms with Gasteiger partial charge in [0.1, 0.15) is 6.20 Å². The van der Waals surface area contributed by atoms with Gasteiger partial charge in [0.15, 0.2) is 0 Å². The molecule has 2 rings (SSSR count). The van der Waals surface area contributed by atoms with E-state index in [1.165, 1.54) is 4.68 Å². The van der Waals surface area contributed by atoms with E-state index in [2.05, 4.69) is 10.1 Å². The Labute approximate surface area is 90.5 Å². The van der Waals surface area contributed by atoms with Crippen molar-refractivity contribution in [3.05, 3.63) is 34.5 Å². The molecule has 0 saturated carbocycles. The van der Waals surface area contributed by atoms with Crippen LogP contribution in [0.3, 0.4) is 0 Å². The number of nitrogens with zero attached hydrogens (tertiary/aromatic N) is 5. The summed E-state index contributed by atoms with van der Waals surface area (Å²) in [5, 5.41) is 14.4. The smallest absolute Gasteiger partial charge is 0.330 e. The van der Waals surface area contributed by atoms with Gasteiger partial charge in [0.2, 0.25) is 5.82 Å². The van der Waals surface area contributed by atoms with Crippen molar-refractivity contribution in [3.63, 3.8) is 0 Å². The van der Waals surface area contributed by atoms with Crippen LogP contribution in [0.25, 0.3) is 0 Å². The molecule has 16 heavy (non-hydrogen) atoms.